The van der Waals surface area contributed by atoms with Gasteiger partial charge in [0.15, 0.2) is 6.04 Å². The lowest BCUT2D eigenvalue weighted by Gasteiger charge is -2.27. The van der Waals surface area contributed by atoms with Crippen molar-refractivity contribution in [3.05, 3.63) is 30.3 Å². The molecule has 0 radical (unpaired) electrons. The second kappa shape index (κ2) is 4.47. The van der Waals surface area contributed by atoms with Crippen molar-refractivity contribution >= 4 is 23.1 Å². The van der Waals surface area contributed by atoms with Gasteiger partial charge in [-0.2, -0.15) is 10.1 Å². The summed E-state index contributed by atoms with van der Waals surface area (Å²) in [7, 11) is 1.59. The maximum atomic E-state index is 12.0. The van der Waals surface area contributed by atoms with Crippen LogP contribution >= 0.6 is 0 Å². The van der Waals surface area contributed by atoms with Crippen LogP contribution in [0, 0.1) is 0 Å². The first kappa shape index (κ1) is 11.5. The highest BCUT2D eigenvalue weighted by atomic mass is 16.2. The minimum Gasteiger partial charge on any atom is -0.302 e. The quantitative estimate of drug-likeness (QED) is 0.757. The van der Waals surface area contributed by atoms with Gasteiger partial charge in [0.05, 0.1) is 5.69 Å². The largest absolute Gasteiger partial charge is 0.302 e. The highest BCUT2D eigenvalue weighted by molar-refractivity contribution is 6.47. The lowest BCUT2D eigenvalue weighted by molar-refractivity contribution is -0.127. The van der Waals surface area contributed by atoms with E-state index in [0.717, 1.165) is 0 Å². The molecular formula is C12H13N3O2. The Bertz CT molecular complexity index is 482. The highest BCUT2D eigenvalue weighted by Gasteiger charge is 2.36. The average Bonchev–Trinajstić information content (AvgIpc) is 2.36. The molecule has 0 fully saturated rings. The minimum atomic E-state index is -0.840. The number of Topliss-reactive ketones (excluding diaryl/α,β-unsaturated/α-hetero) is 1. The summed E-state index contributed by atoms with van der Waals surface area (Å²) in [4.78, 5) is 23.8. The molecule has 1 amide bonds. The zero-order valence-corrected chi connectivity index (χ0v) is 9.68. The van der Waals surface area contributed by atoms with Crippen LogP contribution in [0.5, 0.6) is 0 Å². The number of hydrogen-bond acceptors (Lipinski definition) is 4. The number of nitrogens with zero attached hydrogens (tertiary/aromatic N) is 2. The van der Waals surface area contributed by atoms with Crippen molar-refractivity contribution in [3.63, 3.8) is 0 Å². The van der Waals surface area contributed by atoms with E-state index in [1.807, 2.05) is 18.2 Å². The Kier molecular flexibility index (Phi) is 3.01. The summed E-state index contributed by atoms with van der Waals surface area (Å²) in [6.07, 6.45) is 0. The predicted octanol–water partition coefficient (Wildman–Crippen LogP) is 0.566. The van der Waals surface area contributed by atoms with E-state index < -0.39 is 6.04 Å². The molecule has 5 nitrogen and oxygen atoms in total. The first-order valence-corrected chi connectivity index (χ1v) is 5.31. The van der Waals surface area contributed by atoms with Gasteiger partial charge < -0.3 is 5.32 Å². The molecule has 0 spiro atoms. The molecule has 1 aromatic rings. The van der Waals surface area contributed by atoms with E-state index in [1.165, 1.54) is 5.01 Å². The summed E-state index contributed by atoms with van der Waals surface area (Å²) in [5.74, 6) is -0.626. The van der Waals surface area contributed by atoms with Crippen molar-refractivity contribution in [1.29, 1.82) is 0 Å². The molecule has 1 aliphatic rings. The number of anilines is 1. The first-order chi connectivity index (χ1) is 8.15. The van der Waals surface area contributed by atoms with E-state index in [-0.39, 0.29) is 11.7 Å². The second-order valence-corrected chi connectivity index (χ2v) is 3.76. The number of carbonyl (C=O) groups excluding carboxylic acids is 2. The van der Waals surface area contributed by atoms with Crippen LogP contribution in [0.3, 0.4) is 0 Å². The molecule has 5 heteroatoms. The number of hydrazone groups is 1. The first-order valence-electron chi connectivity index (χ1n) is 5.31. The standard InChI is InChI=1S/C12H13N3O2/c1-8-11(16)10(13-2)12(17)15(14-8)9-6-4-3-5-7-9/h3-7,10,13H,1-2H3. The van der Waals surface area contributed by atoms with Gasteiger partial charge >= 0.3 is 0 Å². The van der Waals surface area contributed by atoms with Gasteiger partial charge in [0.25, 0.3) is 5.91 Å². The van der Waals surface area contributed by atoms with Gasteiger partial charge in [0.1, 0.15) is 5.71 Å². The van der Waals surface area contributed by atoms with Crippen LogP contribution in [-0.2, 0) is 9.59 Å². The van der Waals surface area contributed by atoms with Gasteiger partial charge in [0.2, 0.25) is 5.78 Å². The zero-order chi connectivity index (χ0) is 12.4. The number of benzene rings is 1. The third-order valence-electron chi connectivity index (χ3n) is 2.61. The SMILES string of the molecule is CNC1C(=O)C(C)=NN(c2ccccc2)C1=O. The average molecular weight is 231 g/mol. The third kappa shape index (κ3) is 1.97. The molecule has 1 unspecified atom stereocenters. The molecule has 0 aromatic heterocycles. The number of likely N-dealkylation sites (N-methyl/N-ethyl adjacent to an activating group) is 1. The normalized spacial score (nSPS) is 20.5. The van der Waals surface area contributed by atoms with E-state index in [4.69, 9.17) is 0 Å². The van der Waals surface area contributed by atoms with Crippen LogP contribution in [0.15, 0.2) is 35.4 Å². The topological polar surface area (TPSA) is 61.8 Å². The molecule has 2 rings (SSSR count). The molecule has 0 bridgehead atoms. The van der Waals surface area contributed by atoms with Gasteiger partial charge in [-0.15, -0.1) is 0 Å². The van der Waals surface area contributed by atoms with Crippen LogP contribution in [0.2, 0.25) is 0 Å². The summed E-state index contributed by atoms with van der Waals surface area (Å²) in [5.41, 5.74) is 0.984. The molecule has 1 aromatic carbocycles. The van der Waals surface area contributed by atoms with Crippen molar-refractivity contribution in [2.24, 2.45) is 5.10 Å². The van der Waals surface area contributed by atoms with Crippen LogP contribution < -0.4 is 10.3 Å². The summed E-state index contributed by atoms with van der Waals surface area (Å²) >= 11 is 0. The fourth-order valence-corrected chi connectivity index (χ4v) is 1.70. The van der Waals surface area contributed by atoms with Crippen molar-refractivity contribution in [2.45, 2.75) is 13.0 Å². The summed E-state index contributed by atoms with van der Waals surface area (Å²) in [5, 5.41) is 8.00. The van der Waals surface area contributed by atoms with E-state index in [9.17, 15) is 9.59 Å². The Balaban J connectivity index is 2.42. The van der Waals surface area contributed by atoms with Crippen LogP contribution in [0.25, 0.3) is 0 Å². The van der Waals surface area contributed by atoms with Gasteiger partial charge in [-0.3, -0.25) is 9.59 Å². The Labute approximate surface area is 99.1 Å². The fourth-order valence-electron chi connectivity index (χ4n) is 1.70. The molecule has 1 N–H and O–H groups in total. The number of rotatable bonds is 2. The summed E-state index contributed by atoms with van der Waals surface area (Å²) in [6, 6.07) is 8.20. The number of hydrogen-bond donors (Lipinski definition) is 1. The molecule has 1 aliphatic heterocycles. The van der Waals surface area contributed by atoms with Gasteiger partial charge in [-0.05, 0) is 26.1 Å². The minimum absolute atomic E-state index is 0.273. The lowest BCUT2D eigenvalue weighted by Crippen LogP contribution is -2.54. The molecule has 0 saturated heterocycles. The smallest absolute Gasteiger partial charge is 0.272 e. The Morgan fingerprint density at radius 3 is 2.47 bits per heavy atom. The number of para-hydroxylation sites is 1. The molecule has 17 heavy (non-hydrogen) atoms. The maximum absolute atomic E-state index is 12.0. The second-order valence-electron chi connectivity index (χ2n) is 3.76. The fraction of sp³-hybridized carbons (Fsp3) is 0.250. The third-order valence-corrected chi connectivity index (χ3v) is 2.61. The van der Waals surface area contributed by atoms with Crippen molar-refractivity contribution in [3.8, 4) is 0 Å². The number of amides is 1. The summed E-state index contributed by atoms with van der Waals surface area (Å²) < 4.78 is 0. The molecule has 1 atom stereocenters. The van der Waals surface area contributed by atoms with Crippen LogP contribution in [-0.4, -0.2) is 30.5 Å². The Hall–Kier alpha value is -2.01. The van der Waals surface area contributed by atoms with Crippen molar-refractivity contribution in [2.75, 3.05) is 12.1 Å². The van der Waals surface area contributed by atoms with Gasteiger partial charge in [-0.25, -0.2) is 0 Å². The molecule has 0 saturated carbocycles. The van der Waals surface area contributed by atoms with Crippen LogP contribution in [0.4, 0.5) is 5.69 Å². The van der Waals surface area contributed by atoms with E-state index in [2.05, 4.69) is 10.4 Å². The number of ketones is 1. The molecule has 88 valence electrons. The maximum Gasteiger partial charge on any atom is 0.272 e. The van der Waals surface area contributed by atoms with Crippen LogP contribution in [0.1, 0.15) is 6.92 Å². The van der Waals surface area contributed by atoms with Gasteiger partial charge in [-0.1, -0.05) is 18.2 Å². The highest BCUT2D eigenvalue weighted by Crippen LogP contribution is 2.18. The van der Waals surface area contributed by atoms with Gasteiger partial charge in [0, 0.05) is 0 Å². The summed E-state index contributed by atoms with van der Waals surface area (Å²) in [6.45, 7) is 1.61. The van der Waals surface area contributed by atoms with E-state index >= 15 is 0 Å². The van der Waals surface area contributed by atoms with Crippen molar-refractivity contribution < 1.29 is 9.59 Å². The van der Waals surface area contributed by atoms with Crippen molar-refractivity contribution in [1.82, 2.24) is 5.32 Å². The lowest BCUT2D eigenvalue weighted by atomic mass is 10.1. The number of carbonyl (C=O) groups is 2. The Morgan fingerprint density at radius 2 is 1.88 bits per heavy atom. The van der Waals surface area contributed by atoms with E-state index in [1.54, 1.807) is 26.1 Å². The predicted molar refractivity (Wildman–Crippen MR) is 64.9 cm³/mol. The number of nitrogens with one attached hydrogen (secondary N) is 1. The van der Waals surface area contributed by atoms with E-state index in [0.29, 0.717) is 11.4 Å². The monoisotopic (exact) mass is 231 g/mol. The molecule has 0 aliphatic carbocycles. The molecular weight excluding hydrogens is 218 g/mol. The molecule has 1 heterocycles. The zero-order valence-electron chi connectivity index (χ0n) is 9.68. The Morgan fingerprint density at radius 1 is 1.24 bits per heavy atom.